The quantitative estimate of drug-likeness (QED) is 0.163. The molecule has 1 atom stereocenters. The van der Waals surface area contributed by atoms with Crippen molar-refractivity contribution in [1.82, 2.24) is 0 Å². The molecule has 1 heterocycles. The molecule has 0 saturated heterocycles. The topological polar surface area (TPSA) is 44.7 Å². The molecule has 0 radical (unpaired) electrons. The lowest BCUT2D eigenvalue weighted by Gasteiger charge is -2.33. The van der Waals surface area contributed by atoms with Gasteiger partial charge in [-0.2, -0.15) is 9.65 Å². The highest BCUT2D eigenvalue weighted by molar-refractivity contribution is 5.87. The van der Waals surface area contributed by atoms with Crippen molar-refractivity contribution in [2.45, 2.75) is 104 Å². The summed E-state index contributed by atoms with van der Waals surface area (Å²) in [4.78, 5) is 8.85. The lowest BCUT2D eigenvalue weighted by molar-refractivity contribution is -0.990. The van der Waals surface area contributed by atoms with E-state index < -0.39 is 4.81 Å². The predicted molar refractivity (Wildman–Crippen MR) is 112 cm³/mol. The van der Waals surface area contributed by atoms with Gasteiger partial charge in [-0.25, -0.2) is 4.99 Å². The molecule has 0 bridgehead atoms. The van der Waals surface area contributed by atoms with E-state index in [0.29, 0.717) is 25.5 Å². The minimum absolute atomic E-state index is 0.409. The molecule has 0 saturated carbocycles. The summed E-state index contributed by atoms with van der Waals surface area (Å²) in [7, 11) is 0. The number of allylic oxidation sites excluding steroid dienone is 1. The molecule has 0 aromatic rings. The Bertz CT molecular complexity index is 396. The van der Waals surface area contributed by atoms with E-state index in [4.69, 9.17) is 4.84 Å². The van der Waals surface area contributed by atoms with Crippen LogP contribution in [0, 0.1) is 5.21 Å². The van der Waals surface area contributed by atoms with Crippen LogP contribution in [0.1, 0.15) is 104 Å². The van der Waals surface area contributed by atoms with Crippen LogP contribution < -0.4 is 0 Å². The maximum absolute atomic E-state index is 12.3. The van der Waals surface area contributed by atoms with Gasteiger partial charge in [-0.05, 0) is 19.8 Å². The Morgan fingerprint density at radius 3 is 1.96 bits per heavy atom. The normalized spacial score (nSPS) is 20.2. The van der Waals surface area contributed by atoms with Gasteiger partial charge in [-0.1, -0.05) is 90.0 Å². The van der Waals surface area contributed by atoms with Crippen molar-refractivity contribution in [3.63, 3.8) is 0 Å². The fraction of sp³-hybridized carbons (Fsp3) is 0.864. The van der Waals surface area contributed by atoms with Gasteiger partial charge < -0.3 is 5.21 Å². The molecule has 0 spiro atoms. The van der Waals surface area contributed by atoms with Gasteiger partial charge in [-0.15, -0.1) is 0 Å². The first-order valence-electron chi connectivity index (χ1n) is 11.2. The van der Waals surface area contributed by atoms with Crippen molar-refractivity contribution in [2.24, 2.45) is 4.99 Å². The van der Waals surface area contributed by atoms with Crippen LogP contribution in [0.2, 0.25) is 0 Å². The molecule has 0 N–H and O–H groups in total. The number of hydrogen-bond acceptors (Lipinski definition) is 3. The third kappa shape index (κ3) is 10.4. The standard InChI is InChI=1S/C22H42N2O2/c1-3-5-6-7-8-9-10-11-12-13-14-15-16-17-18-19-22-23-20-21-24(22,25)26-4-2/h18-19H,3-17,20-21H2,1-2H3. The average Bonchev–Trinajstić information content (AvgIpc) is 2.99. The third-order valence-electron chi connectivity index (χ3n) is 5.10. The molecular formula is C22H42N2O2. The Labute approximate surface area is 161 Å². The lowest BCUT2D eigenvalue weighted by Crippen LogP contribution is -2.44. The van der Waals surface area contributed by atoms with Gasteiger partial charge in [0.2, 0.25) is 0 Å². The summed E-state index contributed by atoms with van der Waals surface area (Å²) in [6.45, 7) is 5.54. The number of hydroxylamine groups is 4. The molecule has 0 aromatic carbocycles. The first-order chi connectivity index (χ1) is 12.7. The van der Waals surface area contributed by atoms with Crippen LogP contribution >= 0.6 is 0 Å². The number of amidine groups is 1. The molecule has 1 rings (SSSR count). The van der Waals surface area contributed by atoms with Crippen molar-refractivity contribution in [2.75, 3.05) is 19.7 Å². The number of aliphatic imine (C=N–C) groups is 1. The zero-order valence-electron chi connectivity index (χ0n) is 17.4. The first kappa shape index (κ1) is 23.3. The highest BCUT2D eigenvalue weighted by Gasteiger charge is 2.29. The second-order valence-corrected chi connectivity index (χ2v) is 7.49. The van der Waals surface area contributed by atoms with Crippen molar-refractivity contribution in [3.05, 3.63) is 17.4 Å². The number of hydrogen-bond donors (Lipinski definition) is 0. The number of unbranched alkanes of at least 4 members (excludes halogenated alkanes) is 13. The minimum Gasteiger partial charge on any atom is -0.592 e. The second-order valence-electron chi connectivity index (χ2n) is 7.49. The number of quaternary nitrogens is 1. The Balaban J connectivity index is 1.89. The van der Waals surface area contributed by atoms with E-state index in [9.17, 15) is 5.21 Å². The zero-order chi connectivity index (χ0) is 18.9. The van der Waals surface area contributed by atoms with Gasteiger partial charge in [-0.3, -0.25) is 0 Å². The van der Waals surface area contributed by atoms with Crippen LogP contribution in [0.15, 0.2) is 17.1 Å². The fourth-order valence-electron chi connectivity index (χ4n) is 3.49. The molecule has 1 unspecified atom stereocenters. The van der Waals surface area contributed by atoms with Crippen molar-refractivity contribution < 1.29 is 9.65 Å². The van der Waals surface area contributed by atoms with Crippen LogP contribution in [0.4, 0.5) is 0 Å². The highest BCUT2D eigenvalue weighted by atomic mass is 16.9. The molecule has 4 heteroatoms. The smallest absolute Gasteiger partial charge is 0.256 e. The van der Waals surface area contributed by atoms with Crippen LogP contribution in [-0.4, -0.2) is 30.3 Å². The van der Waals surface area contributed by atoms with E-state index in [0.717, 1.165) is 6.42 Å². The minimum atomic E-state index is -0.703. The summed E-state index contributed by atoms with van der Waals surface area (Å²) >= 11 is 0. The van der Waals surface area contributed by atoms with Crippen molar-refractivity contribution in [3.8, 4) is 0 Å². The van der Waals surface area contributed by atoms with Gasteiger partial charge in [0.15, 0.2) is 0 Å². The Morgan fingerprint density at radius 1 is 0.885 bits per heavy atom. The van der Waals surface area contributed by atoms with Crippen molar-refractivity contribution in [1.29, 1.82) is 0 Å². The summed E-state index contributed by atoms with van der Waals surface area (Å²) in [6, 6.07) is 0. The average molecular weight is 367 g/mol. The Kier molecular flexibility index (Phi) is 13.8. The third-order valence-corrected chi connectivity index (χ3v) is 5.10. The fourth-order valence-corrected chi connectivity index (χ4v) is 3.49. The summed E-state index contributed by atoms with van der Waals surface area (Å²) in [5.41, 5.74) is 0. The summed E-state index contributed by atoms with van der Waals surface area (Å²) in [5, 5.41) is 12.3. The van der Waals surface area contributed by atoms with Gasteiger partial charge >= 0.3 is 0 Å². The molecule has 0 aromatic heterocycles. The zero-order valence-corrected chi connectivity index (χ0v) is 17.4. The second kappa shape index (κ2) is 15.4. The van der Waals surface area contributed by atoms with Crippen LogP contribution in [0.25, 0.3) is 0 Å². The molecule has 1 aliphatic rings. The Morgan fingerprint density at radius 2 is 1.42 bits per heavy atom. The van der Waals surface area contributed by atoms with Crippen LogP contribution in [0.3, 0.4) is 0 Å². The van der Waals surface area contributed by atoms with Gasteiger partial charge in [0.05, 0.1) is 6.54 Å². The number of nitrogens with zero attached hydrogens (tertiary/aromatic N) is 2. The SMILES string of the molecule is CCCCCCCCCCCCCCCC=CC1=NCC[N+]1([O-])OCC. The van der Waals surface area contributed by atoms with E-state index in [1.807, 2.05) is 13.0 Å². The predicted octanol–water partition coefficient (Wildman–Crippen LogP) is 6.70. The summed E-state index contributed by atoms with van der Waals surface area (Å²) in [6.07, 6.45) is 22.9. The van der Waals surface area contributed by atoms with Gasteiger partial charge in [0.25, 0.3) is 5.84 Å². The molecule has 4 nitrogen and oxygen atoms in total. The van der Waals surface area contributed by atoms with E-state index >= 15 is 0 Å². The van der Waals surface area contributed by atoms with E-state index in [-0.39, 0.29) is 0 Å². The van der Waals surface area contributed by atoms with Crippen LogP contribution in [-0.2, 0) is 4.84 Å². The number of rotatable bonds is 17. The molecular weight excluding hydrogens is 324 g/mol. The van der Waals surface area contributed by atoms with E-state index in [1.165, 1.54) is 83.5 Å². The first-order valence-corrected chi connectivity index (χ1v) is 11.2. The lowest BCUT2D eigenvalue weighted by atomic mass is 10.0. The monoisotopic (exact) mass is 366 g/mol. The molecule has 1 aliphatic heterocycles. The summed E-state index contributed by atoms with van der Waals surface area (Å²) < 4.78 is 0. The van der Waals surface area contributed by atoms with Crippen LogP contribution in [0.5, 0.6) is 0 Å². The van der Waals surface area contributed by atoms with E-state index in [1.54, 1.807) is 0 Å². The van der Waals surface area contributed by atoms with Gasteiger partial charge in [0.1, 0.15) is 13.2 Å². The largest absolute Gasteiger partial charge is 0.592 e. The maximum Gasteiger partial charge on any atom is 0.256 e. The van der Waals surface area contributed by atoms with Crippen molar-refractivity contribution >= 4 is 5.84 Å². The summed E-state index contributed by atoms with van der Waals surface area (Å²) in [5.74, 6) is 0.529. The van der Waals surface area contributed by atoms with E-state index in [2.05, 4.69) is 18.0 Å². The molecule has 0 fully saturated rings. The molecule has 26 heavy (non-hydrogen) atoms. The maximum atomic E-state index is 12.3. The molecule has 152 valence electrons. The molecule has 0 aliphatic carbocycles. The van der Waals surface area contributed by atoms with Gasteiger partial charge in [0, 0.05) is 6.08 Å². The molecule has 0 amide bonds. The Hall–Kier alpha value is -0.710. The highest BCUT2D eigenvalue weighted by Crippen LogP contribution is 2.16.